The minimum absolute atomic E-state index is 0.163. The van der Waals surface area contributed by atoms with Gasteiger partial charge in [0.25, 0.3) is 0 Å². The smallest absolute Gasteiger partial charge is 0.223 e. The van der Waals surface area contributed by atoms with Crippen LogP contribution in [0.5, 0.6) is 0 Å². The summed E-state index contributed by atoms with van der Waals surface area (Å²) in [6, 6.07) is 10.7. The van der Waals surface area contributed by atoms with Gasteiger partial charge in [0, 0.05) is 12.5 Å². The Morgan fingerprint density at radius 2 is 2.18 bits per heavy atom. The van der Waals surface area contributed by atoms with E-state index in [9.17, 15) is 4.79 Å². The van der Waals surface area contributed by atoms with E-state index in [0.717, 1.165) is 12.8 Å². The summed E-state index contributed by atoms with van der Waals surface area (Å²) in [5.74, 6) is 0.271. The second-order valence-electron chi connectivity index (χ2n) is 4.60. The lowest BCUT2D eigenvalue weighted by Gasteiger charge is -2.30. The van der Waals surface area contributed by atoms with Crippen LogP contribution in [0.4, 0.5) is 0 Å². The lowest BCUT2D eigenvalue weighted by atomic mass is 10.0. The van der Waals surface area contributed by atoms with E-state index in [4.69, 9.17) is 0 Å². The number of amides is 1. The Bertz CT molecular complexity index is 399. The average molecular weight is 229 g/mol. The molecule has 1 aliphatic rings. The van der Waals surface area contributed by atoms with Gasteiger partial charge in [0.2, 0.25) is 5.91 Å². The van der Waals surface area contributed by atoms with Gasteiger partial charge in [0.1, 0.15) is 0 Å². The van der Waals surface area contributed by atoms with Gasteiger partial charge in [-0.15, -0.1) is 6.58 Å². The zero-order chi connectivity index (χ0) is 12.3. The van der Waals surface area contributed by atoms with Crippen LogP contribution in [-0.2, 0) is 4.79 Å². The van der Waals surface area contributed by atoms with Gasteiger partial charge >= 0.3 is 0 Å². The number of nitrogens with zero attached hydrogens (tertiary/aromatic N) is 1. The fraction of sp³-hybridized carbons (Fsp3) is 0.400. The third-order valence-corrected chi connectivity index (χ3v) is 3.51. The molecule has 2 rings (SSSR count). The molecule has 1 amide bonds. The maximum atomic E-state index is 12.0. The first-order chi connectivity index (χ1) is 8.24. The Hall–Kier alpha value is -1.57. The van der Waals surface area contributed by atoms with Crippen molar-refractivity contribution in [3.8, 4) is 0 Å². The monoisotopic (exact) mass is 229 g/mol. The van der Waals surface area contributed by atoms with Gasteiger partial charge in [0.05, 0.1) is 6.04 Å². The van der Waals surface area contributed by atoms with Crippen LogP contribution in [0, 0.1) is 0 Å². The fourth-order valence-corrected chi connectivity index (χ4v) is 2.61. The van der Waals surface area contributed by atoms with E-state index in [1.165, 1.54) is 5.56 Å². The van der Waals surface area contributed by atoms with Crippen molar-refractivity contribution in [3.05, 3.63) is 48.6 Å². The number of hydrogen-bond acceptors (Lipinski definition) is 1. The molecule has 1 aliphatic heterocycles. The van der Waals surface area contributed by atoms with Gasteiger partial charge in [-0.2, -0.15) is 0 Å². The minimum atomic E-state index is 0.163. The first kappa shape index (κ1) is 11.9. The highest BCUT2D eigenvalue weighted by atomic mass is 16.2. The predicted octanol–water partition coefficient (Wildman–Crippen LogP) is 3.31. The van der Waals surface area contributed by atoms with Crippen molar-refractivity contribution >= 4 is 5.91 Å². The molecular formula is C15H19NO. The summed E-state index contributed by atoms with van der Waals surface area (Å²) in [6.45, 7) is 5.88. The SMILES string of the molecule is C=CCC1CCC(=O)N1[C@@H](C)c1ccccc1. The maximum Gasteiger partial charge on any atom is 0.223 e. The highest BCUT2D eigenvalue weighted by Gasteiger charge is 2.33. The number of rotatable bonds is 4. The minimum Gasteiger partial charge on any atom is -0.333 e. The zero-order valence-corrected chi connectivity index (χ0v) is 10.3. The summed E-state index contributed by atoms with van der Waals surface area (Å²) >= 11 is 0. The van der Waals surface area contributed by atoms with E-state index in [-0.39, 0.29) is 11.9 Å². The third kappa shape index (κ3) is 2.41. The summed E-state index contributed by atoms with van der Waals surface area (Å²) in [6.07, 6.45) is 4.44. The van der Waals surface area contributed by atoms with Gasteiger partial charge in [-0.05, 0) is 25.3 Å². The van der Waals surface area contributed by atoms with Crippen LogP contribution in [0.3, 0.4) is 0 Å². The molecule has 2 atom stereocenters. The largest absolute Gasteiger partial charge is 0.333 e. The van der Waals surface area contributed by atoms with Crippen LogP contribution in [0.25, 0.3) is 0 Å². The third-order valence-electron chi connectivity index (χ3n) is 3.51. The summed E-state index contributed by atoms with van der Waals surface area (Å²) < 4.78 is 0. The number of carbonyl (C=O) groups excluding carboxylic acids is 1. The lowest BCUT2D eigenvalue weighted by molar-refractivity contribution is -0.131. The highest BCUT2D eigenvalue weighted by Crippen LogP contribution is 2.31. The molecule has 0 spiro atoms. The molecule has 1 unspecified atom stereocenters. The van der Waals surface area contributed by atoms with Crippen molar-refractivity contribution in [1.82, 2.24) is 4.90 Å². The van der Waals surface area contributed by atoms with Crippen molar-refractivity contribution in [2.24, 2.45) is 0 Å². The molecule has 2 nitrogen and oxygen atoms in total. The van der Waals surface area contributed by atoms with Crippen LogP contribution >= 0.6 is 0 Å². The Kier molecular flexibility index (Phi) is 3.62. The molecule has 0 bridgehead atoms. The van der Waals surface area contributed by atoms with Crippen LogP contribution in [0.1, 0.15) is 37.8 Å². The molecule has 1 saturated heterocycles. The Morgan fingerprint density at radius 1 is 1.47 bits per heavy atom. The van der Waals surface area contributed by atoms with E-state index in [2.05, 4.69) is 25.6 Å². The van der Waals surface area contributed by atoms with Crippen molar-refractivity contribution in [1.29, 1.82) is 0 Å². The van der Waals surface area contributed by atoms with E-state index in [1.807, 2.05) is 29.2 Å². The van der Waals surface area contributed by atoms with Gasteiger partial charge in [-0.3, -0.25) is 4.79 Å². The molecule has 0 N–H and O–H groups in total. The lowest BCUT2D eigenvalue weighted by Crippen LogP contribution is -2.35. The molecular weight excluding hydrogens is 210 g/mol. The van der Waals surface area contributed by atoms with E-state index in [1.54, 1.807) is 0 Å². The molecule has 0 aromatic heterocycles. The standard InChI is InChI=1S/C15H19NO/c1-3-7-14-10-11-15(17)16(14)12(2)13-8-5-4-6-9-13/h3-6,8-9,12,14H,1,7,10-11H2,2H3/t12-,14?/m0/s1. The Balaban J connectivity index is 2.19. The van der Waals surface area contributed by atoms with Gasteiger partial charge in [0.15, 0.2) is 0 Å². The number of likely N-dealkylation sites (tertiary alicyclic amines) is 1. The number of benzene rings is 1. The first-order valence-corrected chi connectivity index (χ1v) is 6.21. The van der Waals surface area contributed by atoms with Gasteiger partial charge in [-0.1, -0.05) is 36.4 Å². The van der Waals surface area contributed by atoms with Crippen LogP contribution in [0.2, 0.25) is 0 Å². The van der Waals surface area contributed by atoms with Crippen molar-refractivity contribution < 1.29 is 4.79 Å². The molecule has 90 valence electrons. The van der Waals surface area contributed by atoms with Crippen molar-refractivity contribution in [3.63, 3.8) is 0 Å². The van der Waals surface area contributed by atoms with Crippen molar-refractivity contribution in [2.75, 3.05) is 0 Å². The first-order valence-electron chi connectivity index (χ1n) is 6.21. The van der Waals surface area contributed by atoms with Gasteiger partial charge in [-0.25, -0.2) is 0 Å². The Labute approximate surface area is 103 Å². The molecule has 1 fully saturated rings. The predicted molar refractivity (Wildman–Crippen MR) is 69.5 cm³/mol. The fourth-order valence-electron chi connectivity index (χ4n) is 2.61. The topological polar surface area (TPSA) is 20.3 Å². The van der Waals surface area contributed by atoms with Crippen LogP contribution in [-0.4, -0.2) is 16.8 Å². The number of hydrogen-bond donors (Lipinski definition) is 0. The summed E-state index contributed by atoms with van der Waals surface area (Å²) in [4.78, 5) is 14.0. The maximum absolute atomic E-state index is 12.0. The summed E-state index contributed by atoms with van der Waals surface area (Å²) in [5.41, 5.74) is 1.21. The van der Waals surface area contributed by atoms with E-state index >= 15 is 0 Å². The van der Waals surface area contributed by atoms with Crippen LogP contribution in [0.15, 0.2) is 43.0 Å². The molecule has 1 aromatic rings. The Morgan fingerprint density at radius 3 is 2.82 bits per heavy atom. The van der Waals surface area contributed by atoms with Gasteiger partial charge < -0.3 is 4.90 Å². The molecule has 1 aromatic carbocycles. The van der Waals surface area contributed by atoms with Crippen LogP contribution < -0.4 is 0 Å². The van der Waals surface area contributed by atoms with E-state index < -0.39 is 0 Å². The van der Waals surface area contributed by atoms with E-state index in [0.29, 0.717) is 12.5 Å². The summed E-state index contributed by atoms with van der Waals surface area (Å²) in [5, 5.41) is 0. The highest BCUT2D eigenvalue weighted by molar-refractivity contribution is 5.79. The average Bonchev–Trinajstić information content (AvgIpc) is 2.71. The molecule has 0 aliphatic carbocycles. The molecule has 1 heterocycles. The normalized spacial score (nSPS) is 21.6. The quantitative estimate of drug-likeness (QED) is 0.725. The van der Waals surface area contributed by atoms with Crippen molar-refractivity contribution in [2.45, 2.75) is 38.3 Å². The zero-order valence-electron chi connectivity index (χ0n) is 10.3. The summed E-state index contributed by atoms with van der Waals surface area (Å²) in [7, 11) is 0. The molecule has 0 saturated carbocycles. The molecule has 0 radical (unpaired) electrons. The molecule has 17 heavy (non-hydrogen) atoms. The number of carbonyl (C=O) groups is 1. The molecule has 2 heteroatoms. The second-order valence-corrected chi connectivity index (χ2v) is 4.60. The second kappa shape index (κ2) is 5.17.